The lowest BCUT2D eigenvalue weighted by atomic mass is 9.80. The van der Waals surface area contributed by atoms with E-state index < -0.39 is 17.6 Å². The quantitative estimate of drug-likeness (QED) is 0.710. The Morgan fingerprint density at radius 1 is 1.16 bits per heavy atom. The van der Waals surface area contributed by atoms with Crippen molar-refractivity contribution in [3.8, 4) is 0 Å². The molecule has 4 heterocycles. The molecule has 2 fully saturated rings. The molecule has 2 saturated heterocycles. The maximum absolute atomic E-state index is 13.5. The smallest absolute Gasteiger partial charge is 0.326 e. The van der Waals surface area contributed by atoms with Crippen LogP contribution in [0.3, 0.4) is 0 Å². The Kier molecular flexibility index (Phi) is 5.04. The molecule has 2 aromatic heterocycles. The number of urea groups is 1. The number of furan rings is 1. The largest absolute Gasteiger partial charge is 0.459 e. The highest BCUT2D eigenvalue weighted by Crippen LogP contribution is 2.42. The zero-order chi connectivity index (χ0) is 22.5. The number of imide groups is 1. The Bertz CT molecular complexity index is 1070. The van der Waals surface area contributed by atoms with Crippen molar-refractivity contribution in [3.05, 3.63) is 46.0 Å². The van der Waals surface area contributed by atoms with Gasteiger partial charge in [0.2, 0.25) is 5.91 Å². The van der Waals surface area contributed by atoms with E-state index in [2.05, 4.69) is 5.32 Å². The van der Waals surface area contributed by atoms with Crippen LogP contribution >= 0.6 is 11.3 Å². The zero-order valence-electron chi connectivity index (χ0n) is 17.7. The first kappa shape index (κ1) is 20.7. The van der Waals surface area contributed by atoms with Crippen molar-refractivity contribution in [2.24, 2.45) is 0 Å². The maximum atomic E-state index is 13.5. The van der Waals surface area contributed by atoms with Gasteiger partial charge in [-0.15, -0.1) is 11.3 Å². The van der Waals surface area contributed by atoms with E-state index in [4.69, 9.17) is 4.42 Å². The molecule has 2 aliphatic heterocycles. The molecule has 9 nitrogen and oxygen atoms in total. The van der Waals surface area contributed by atoms with Crippen LogP contribution in [-0.4, -0.2) is 70.7 Å². The first-order valence-electron chi connectivity index (χ1n) is 10.8. The van der Waals surface area contributed by atoms with E-state index in [1.54, 1.807) is 40.2 Å². The maximum Gasteiger partial charge on any atom is 0.326 e. The molecule has 0 aromatic carbocycles. The van der Waals surface area contributed by atoms with Crippen LogP contribution in [-0.2, 0) is 21.5 Å². The van der Waals surface area contributed by atoms with Crippen LogP contribution in [0.4, 0.5) is 4.79 Å². The Labute approximate surface area is 188 Å². The van der Waals surface area contributed by atoms with Gasteiger partial charge in [0.1, 0.15) is 11.6 Å². The second-order valence-electron chi connectivity index (χ2n) is 8.39. The number of fused-ring (bicyclic) bond motifs is 2. The third kappa shape index (κ3) is 3.12. The van der Waals surface area contributed by atoms with Crippen LogP contribution in [0, 0.1) is 0 Å². The highest BCUT2D eigenvalue weighted by Gasteiger charge is 2.56. The predicted molar refractivity (Wildman–Crippen MR) is 115 cm³/mol. The molecule has 5 rings (SSSR count). The number of carbonyl (C=O) groups excluding carboxylic acids is 4. The van der Waals surface area contributed by atoms with Crippen LogP contribution in [0.2, 0.25) is 0 Å². The van der Waals surface area contributed by atoms with E-state index in [0.29, 0.717) is 32.6 Å². The monoisotopic (exact) mass is 456 g/mol. The number of nitrogens with zero attached hydrogens (tertiary/aromatic N) is 3. The summed E-state index contributed by atoms with van der Waals surface area (Å²) in [5.41, 5.74) is -0.202. The number of thiophene rings is 1. The number of amides is 5. The number of piperazine rings is 1. The molecule has 0 bridgehead atoms. The molecule has 0 saturated carbocycles. The number of hydrogen-bond donors (Lipinski definition) is 1. The van der Waals surface area contributed by atoms with Crippen molar-refractivity contribution in [2.45, 2.75) is 37.8 Å². The SMILES string of the molecule is CC(C(=O)N1CCN(C(=O)c2ccco2)CC1)N1C(=O)NC2(CCCc3sccc32)C1=O. The molecule has 1 spiro atoms. The number of hydrogen-bond acceptors (Lipinski definition) is 6. The molecular weight excluding hydrogens is 432 g/mol. The molecule has 0 radical (unpaired) electrons. The molecule has 1 aliphatic carbocycles. The van der Waals surface area contributed by atoms with Gasteiger partial charge in [0.25, 0.3) is 11.8 Å². The summed E-state index contributed by atoms with van der Waals surface area (Å²) >= 11 is 1.59. The highest BCUT2D eigenvalue weighted by molar-refractivity contribution is 7.10. The number of rotatable bonds is 3. The summed E-state index contributed by atoms with van der Waals surface area (Å²) in [6, 6.07) is 3.73. The van der Waals surface area contributed by atoms with Crippen molar-refractivity contribution >= 4 is 35.1 Å². The molecule has 2 unspecified atom stereocenters. The van der Waals surface area contributed by atoms with Gasteiger partial charge in [0.05, 0.1) is 6.26 Å². The lowest BCUT2D eigenvalue weighted by molar-refractivity contribution is -0.144. The van der Waals surface area contributed by atoms with Gasteiger partial charge in [-0.25, -0.2) is 9.69 Å². The van der Waals surface area contributed by atoms with Crippen LogP contribution in [0.1, 0.15) is 40.8 Å². The fourth-order valence-electron chi connectivity index (χ4n) is 4.92. The second kappa shape index (κ2) is 7.77. The molecule has 10 heteroatoms. The minimum Gasteiger partial charge on any atom is -0.459 e. The van der Waals surface area contributed by atoms with Crippen molar-refractivity contribution < 1.29 is 23.6 Å². The molecule has 3 aliphatic rings. The van der Waals surface area contributed by atoms with Crippen molar-refractivity contribution in [2.75, 3.05) is 26.2 Å². The average Bonchev–Trinajstić information content (AvgIpc) is 3.54. The zero-order valence-corrected chi connectivity index (χ0v) is 18.5. The lowest BCUT2D eigenvalue weighted by Gasteiger charge is -2.37. The summed E-state index contributed by atoms with van der Waals surface area (Å²) in [6.07, 6.45) is 3.69. The topological polar surface area (TPSA) is 103 Å². The standard InChI is InChI=1S/C22H24N4O5S/c1-14(18(27)24-8-10-25(11-9-24)19(28)16-4-3-12-31-16)26-20(29)22(23-21(26)30)7-2-5-17-15(22)6-13-32-17/h3-4,6,12-14H,2,5,7-11H2,1H3,(H,23,30). The summed E-state index contributed by atoms with van der Waals surface area (Å²) < 4.78 is 5.17. The summed E-state index contributed by atoms with van der Waals surface area (Å²) in [4.78, 5) is 57.4. The molecule has 1 N–H and O–H groups in total. The first-order valence-corrected chi connectivity index (χ1v) is 11.6. The fraction of sp³-hybridized carbons (Fsp3) is 0.455. The van der Waals surface area contributed by atoms with Crippen molar-refractivity contribution in [1.29, 1.82) is 0 Å². The lowest BCUT2D eigenvalue weighted by Crippen LogP contribution is -2.56. The molecule has 32 heavy (non-hydrogen) atoms. The van der Waals surface area contributed by atoms with Crippen LogP contribution < -0.4 is 5.32 Å². The predicted octanol–water partition coefficient (Wildman–Crippen LogP) is 1.80. The molecule has 2 atom stereocenters. The summed E-state index contributed by atoms with van der Waals surface area (Å²) in [7, 11) is 0. The van der Waals surface area contributed by atoms with E-state index in [1.807, 2.05) is 11.4 Å². The van der Waals surface area contributed by atoms with Gasteiger partial charge in [0.15, 0.2) is 5.76 Å². The molecule has 168 valence electrons. The van der Waals surface area contributed by atoms with E-state index in [1.165, 1.54) is 6.26 Å². The Hall–Kier alpha value is -3.14. The number of nitrogens with one attached hydrogen (secondary N) is 1. The summed E-state index contributed by atoms with van der Waals surface area (Å²) in [6.45, 7) is 2.98. The minimum absolute atomic E-state index is 0.213. The van der Waals surface area contributed by atoms with Gasteiger partial charge in [-0.2, -0.15) is 0 Å². The van der Waals surface area contributed by atoms with Gasteiger partial charge in [0, 0.05) is 36.6 Å². The van der Waals surface area contributed by atoms with Gasteiger partial charge < -0.3 is 19.5 Å². The van der Waals surface area contributed by atoms with Crippen molar-refractivity contribution in [3.63, 3.8) is 0 Å². The Morgan fingerprint density at radius 2 is 1.91 bits per heavy atom. The summed E-state index contributed by atoms with van der Waals surface area (Å²) in [5.74, 6) is -0.593. The van der Waals surface area contributed by atoms with Gasteiger partial charge in [-0.3, -0.25) is 14.4 Å². The normalized spacial score (nSPS) is 24.0. The minimum atomic E-state index is -1.06. The van der Waals surface area contributed by atoms with Crippen LogP contribution in [0.5, 0.6) is 0 Å². The summed E-state index contributed by atoms with van der Waals surface area (Å²) in [5, 5.41) is 4.84. The Balaban J connectivity index is 1.27. The highest BCUT2D eigenvalue weighted by atomic mass is 32.1. The number of carbonyl (C=O) groups is 4. The van der Waals surface area contributed by atoms with Gasteiger partial charge >= 0.3 is 6.03 Å². The molecule has 2 aromatic rings. The van der Waals surface area contributed by atoms with E-state index in [9.17, 15) is 19.2 Å². The molecule has 5 amide bonds. The van der Waals surface area contributed by atoms with Crippen LogP contribution in [0.25, 0.3) is 0 Å². The first-order chi connectivity index (χ1) is 15.4. The van der Waals surface area contributed by atoms with Gasteiger partial charge in [-0.05, 0) is 49.8 Å². The van der Waals surface area contributed by atoms with Crippen LogP contribution in [0.15, 0.2) is 34.3 Å². The third-order valence-electron chi connectivity index (χ3n) is 6.64. The average molecular weight is 457 g/mol. The molecular formula is C22H24N4O5S. The fourth-order valence-corrected chi connectivity index (χ4v) is 5.92. The third-order valence-corrected chi connectivity index (χ3v) is 7.62. The van der Waals surface area contributed by atoms with E-state index in [0.717, 1.165) is 28.2 Å². The Morgan fingerprint density at radius 3 is 2.62 bits per heavy atom. The van der Waals surface area contributed by atoms with E-state index >= 15 is 0 Å². The van der Waals surface area contributed by atoms with E-state index in [-0.39, 0.29) is 23.5 Å². The van der Waals surface area contributed by atoms with Gasteiger partial charge in [-0.1, -0.05) is 0 Å². The second-order valence-corrected chi connectivity index (χ2v) is 9.39. The number of aryl methyl sites for hydroxylation is 1. The van der Waals surface area contributed by atoms with Crippen molar-refractivity contribution in [1.82, 2.24) is 20.0 Å².